The lowest BCUT2D eigenvalue weighted by atomic mass is 9.89. The lowest BCUT2D eigenvalue weighted by Gasteiger charge is -2.16. The van der Waals surface area contributed by atoms with Crippen LogP contribution in [0.5, 0.6) is 0 Å². The van der Waals surface area contributed by atoms with Gasteiger partial charge in [0.2, 0.25) is 0 Å². The number of esters is 1. The van der Waals surface area contributed by atoms with Crippen LogP contribution in [-0.2, 0) is 9.53 Å². The average molecular weight is 178 g/mol. The van der Waals surface area contributed by atoms with Gasteiger partial charge in [-0.25, -0.2) is 0 Å². The SMILES string of the molecule is COC(=O)[C@H]1C[C@H]2C=C[C@@H]1C21CC1. The van der Waals surface area contributed by atoms with Gasteiger partial charge in [-0.05, 0) is 36.5 Å². The Kier molecular flexibility index (Phi) is 1.27. The molecule has 13 heavy (non-hydrogen) atoms. The van der Waals surface area contributed by atoms with E-state index < -0.39 is 0 Å². The Labute approximate surface area is 78.0 Å². The second-order valence-corrected chi connectivity index (χ2v) is 4.62. The van der Waals surface area contributed by atoms with Gasteiger partial charge in [0.05, 0.1) is 13.0 Å². The predicted octanol–water partition coefficient (Wildman–Crippen LogP) is 1.76. The summed E-state index contributed by atoms with van der Waals surface area (Å²) in [6.07, 6.45) is 8.25. The van der Waals surface area contributed by atoms with E-state index in [9.17, 15) is 4.79 Å². The Morgan fingerprint density at radius 2 is 2.23 bits per heavy atom. The second-order valence-electron chi connectivity index (χ2n) is 4.62. The predicted molar refractivity (Wildman–Crippen MR) is 47.9 cm³/mol. The highest BCUT2D eigenvalue weighted by atomic mass is 16.5. The maximum atomic E-state index is 11.5. The van der Waals surface area contributed by atoms with Gasteiger partial charge in [-0.3, -0.25) is 4.79 Å². The van der Waals surface area contributed by atoms with Crippen LogP contribution < -0.4 is 0 Å². The fraction of sp³-hybridized carbons (Fsp3) is 0.727. The summed E-state index contributed by atoms with van der Waals surface area (Å²) in [6.45, 7) is 0. The molecule has 2 bridgehead atoms. The molecule has 2 nitrogen and oxygen atoms in total. The molecule has 3 aliphatic carbocycles. The average Bonchev–Trinajstić information content (AvgIpc) is 2.82. The van der Waals surface area contributed by atoms with Gasteiger partial charge in [0.25, 0.3) is 0 Å². The van der Waals surface area contributed by atoms with Crippen LogP contribution in [0.3, 0.4) is 0 Å². The van der Waals surface area contributed by atoms with Crippen molar-refractivity contribution in [2.75, 3.05) is 7.11 Å². The van der Waals surface area contributed by atoms with Crippen LogP contribution >= 0.6 is 0 Å². The fourth-order valence-corrected chi connectivity index (χ4v) is 3.40. The summed E-state index contributed by atoms with van der Waals surface area (Å²) in [4.78, 5) is 11.5. The molecule has 3 atom stereocenters. The Morgan fingerprint density at radius 1 is 1.46 bits per heavy atom. The summed E-state index contributed by atoms with van der Waals surface area (Å²) in [5.74, 6) is 1.36. The molecule has 3 rings (SSSR count). The molecule has 70 valence electrons. The molecule has 2 saturated carbocycles. The lowest BCUT2D eigenvalue weighted by molar-refractivity contribution is -0.146. The Morgan fingerprint density at radius 3 is 2.77 bits per heavy atom. The summed E-state index contributed by atoms with van der Waals surface area (Å²) in [6, 6.07) is 0. The third kappa shape index (κ3) is 0.767. The first kappa shape index (κ1) is 7.60. The van der Waals surface area contributed by atoms with Gasteiger partial charge >= 0.3 is 5.97 Å². The van der Waals surface area contributed by atoms with Crippen molar-refractivity contribution in [2.24, 2.45) is 23.2 Å². The van der Waals surface area contributed by atoms with E-state index in [1.54, 1.807) is 0 Å². The third-order valence-corrected chi connectivity index (χ3v) is 4.23. The second kappa shape index (κ2) is 2.17. The monoisotopic (exact) mass is 178 g/mol. The minimum Gasteiger partial charge on any atom is -0.469 e. The highest BCUT2D eigenvalue weighted by molar-refractivity contribution is 5.74. The molecular weight excluding hydrogens is 164 g/mol. The van der Waals surface area contributed by atoms with Crippen molar-refractivity contribution >= 4 is 5.97 Å². The first-order chi connectivity index (χ1) is 6.28. The maximum absolute atomic E-state index is 11.5. The Balaban J connectivity index is 1.89. The fourth-order valence-electron chi connectivity index (χ4n) is 3.40. The first-order valence-electron chi connectivity index (χ1n) is 5.04. The van der Waals surface area contributed by atoms with Crippen molar-refractivity contribution in [3.05, 3.63) is 12.2 Å². The molecule has 0 aromatic rings. The van der Waals surface area contributed by atoms with E-state index in [1.165, 1.54) is 20.0 Å². The topological polar surface area (TPSA) is 26.3 Å². The highest BCUT2D eigenvalue weighted by Gasteiger charge is 2.64. The first-order valence-corrected chi connectivity index (χ1v) is 5.04. The molecule has 0 amide bonds. The van der Waals surface area contributed by atoms with Crippen LogP contribution in [-0.4, -0.2) is 13.1 Å². The van der Waals surface area contributed by atoms with E-state index in [2.05, 4.69) is 12.2 Å². The number of carbonyl (C=O) groups is 1. The molecule has 0 aromatic heterocycles. The number of hydrogen-bond donors (Lipinski definition) is 0. The van der Waals surface area contributed by atoms with E-state index in [-0.39, 0.29) is 11.9 Å². The zero-order valence-corrected chi connectivity index (χ0v) is 7.82. The normalized spacial score (nSPS) is 42.7. The van der Waals surface area contributed by atoms with Gasteiger partial charge in [-0.1, -0.05) is 12.2 Å². The highest BCUT2D eigenvalue weighted by Crippen LogP contribution is 2.70. The smallest absolute Gasteiger partial charge is 0.309 e. The van der Waals surface area contributed by atoms with E-state index in [0.717, 1.165) is 6.42 Å². The molecule has 0 radical (unpaired) electrons. The van der Waals surface area contributed by atoms with Crippen LogP contribution in [0.15, 0.2) is 12.2 Å². The van der Waals surface area contributed by atoms with Gasteiger partial charge in [-0.15, -0.1) is 0 Å². The van der Waals surface area contributed by atoms with E-state index in [1.807, 2.05) is 0 Å². The van der Waals surface area contributed by atoms with E-state index >= 15 is 0 Å². The summed E-state index contributed by atoms with van der Waals surface area (Å²) >= 11 is 0. The van der Waals surface area contributed by atoms with Gasteiger partial charge < -0.3 is 4.74 Å². The molecule has 0 N–H and O–H groups in total. The third-order valence-electron chi connectivity index (χ3n) is 4.23. The molecule has 0 unspecified atom stereocenters. The van der Waals surface area contributed by atoms with Gasteiger partial charge in [0.1, 0.15) is 0 Å². The summed E-state index contributed by atoms with van der Waals surface area (Å²) in [5, 5.41) is 0. The molecule has 2 heteroatoms. The summed E-state index contributed by atoms with van der Waals surface area (Å²) in [7, 11) is 1.50. The van der Waals surface area contributed by atoms with Gasteiger partial charge in [0, 0.05) is 0 Å². The van der Waals surface area contributed by atoms with Gasteiger partial charge in [0.15, 0.2) is 0 Å². The molecule has 3 aliphatic rings. The van der Waals surface area contributed by atoms with Crippen LogP contribution in [0, 0.1) is 23.2 Å². The van der Waals surface area contributed by atoms with Crippen LogP contribution in [0.4, 0.5) is 0 Å². The number of ether oxygens (including phenoxy) is 1. The zero-order chi connectivity index (χ0) is 9.05. The standard InChI is InChI=1S/C11H14O2/c1-13-10(12)8-6-7-2-3-9(8)11(7)4-5-11/h2-3,7-9H,4-6H2,1H3/t7-,8+,9+/m1/s1. The molecule has 1 spiro atoms. The minimum atomic E-state index is 0.00289. The van der Waals surface area contributed by atoms with Crippen molar-refractivity contribution in [3.63, 3.8) is 0 Å². The summed E-state index contributed by atoms with van der Waals surface area (Å²) < 4.78 is 4.84. The minimum absolute atomic E-state index is 0.00289. The van der Waals surface area contributed by atoms with Crippen LogP contribution in [0.2, 0.25) is 0 Å². The van der Waals surface area contributed by atoms with Crippen molar-refractivity contribution < 1.29 is 9.53 Å². The number of methoxy groups -OCH3 is 1. The zero-order valence-electron chi connectivity index (χ0n) is 7.82. The van der Waals surface area contributed by atoms with Crippen LogP contribution in [0.25, 0.3) is 0 Å². The molecule has 2 fully saturated rings. The number of hydrogen-bond acceptors (Lipinski definition) is 2. The van der Waals surface area contributed by atoms with Crippen molar-refractivity contribution in [2.45, 2.75) is 19.3 Å². The Hall–Kier alpha value is -0.790. The molecule has 0 aliphatic heterocycles. The van der Waals surface area contributed by atoms with Crippen molar-refractivity contribution in [1.29, 1.82) is 0 Å². The van der Waals surface area contributed by atoms with Crippen molar-refractivity contribution in [1.82, 2.24) is 0 Å². The quantitative estimate of drug-likeness (QED) is 0.452. The lowest BCUT2D eigenvalue weighted by Crippen LogP contribution is -2.22. The van der Waals surface area contributed by atoms with E-state index in [4.69, 9.17) is 4.74 Å². The number of allylic oxidation sites excluding steroid dienone is 2. The molecule has 0 heterocycles. The van der Waals surface area contributed by atoms with E-state index in [0.29, 0.717) is 17.3 Å². The number of rotatable bonds is 1. The number of carbonyl (C=O) groups excluding carboxylic acids is 1. The maximum Gasteiger partial charge on any atom is 0.309 e. The molecular formula is C11H14O2. The Bertz CT molecular complexity index is 288. The van der Waals surface area contributed by atoms with Crippen LogP contribution in [0.1, 0.15) is 19.3 Å². The molecule has 0 saturated heterocycles. The summed E-state index contributed by atoms with van der Waals surface area (Å²) in [5.41, 5.74) is 0.513. The largest absolute Gasteiger partial charge is 0.469 e. The molecule has 0 aromatic carbocycles. The van der Waals surface area contributed by atoms with Crippen molar-refractivity contribution in [3.8, 4) is 0 Å². The van der Waals surface area contributed by atoms with Gasteiger partial charge in [-0.2, -0.15) is 0 Å².